The number of hydrogen-bond donors (Lipinski definition) is 1. The normalized spacial score (nSPS) is 23.9. The van der Waals surface area contributed by atoms with Crippen LogP contribution in [0, 0.1) is 5.92 Å². The van der Waals surface area contributed by atoms with E-state index in [9.17, 15) is 4.79 Å². The molecule has 1 amide bonds. The Morgan fingerprint density at radius 3 is 2.60 bits per heavy atom. The van der Waals surface area contributed by atoms with Crippen LogP contribution in [0.1, 0.15) is 31.2 Å². The van der Waals surface area contributed by atoms with Crippen molar-refractivity contribution >= 4 is 18.3 Å². The van der Waals surface area contributed by atoms with E-state index in [0.29, 0.717) is 17.9 Å². The molecule has 0 bridgehead atoms. The SMILES string of the molecule is C[C@@H]1CN(C(=O)C(c2ccccc2)C2CC2)CCN1.Cl. The van der Waals surface area contributed by atoms with Crippen molar-refractivity contribution < 1.29 is 4.79 Å². The van der Waals surface area contributed by atoms with Crippen LogP contribution in [0.3, 0.4) is 0 Å². The fourth-order valence-corrected chi connectivity index (χ4v) is 3.04. The molecule has 0 radical (unpaired) electrons. The highest BCUT2D eigenvalue weighted by atomic mass is 35.5. The lowest BCUT2D eigenvalue weighted by atomic mass is 9.92. The maximum Gasteiger partial charge on any atom is 0.230 e. The maximum absolute atomic E-state index is 12.8. The van der Waals surface area contributed by atoms with Gasteiger partial charge in [0.25, 0.3) is 0 Å². The number of nitrogens with one attached hydrogen (secondary N) is 1. The summed E-state index contributed by atoms with van der Waals surface area (Å²) in [4.78, 5) is 14.9. The minimum atomic E-state index is 0. The van der Waals surface area contributed by atoms with Crippen LogP contribution in [-0.4, -0.2) is 36.5 Å². The van der Waals surface area contributed by atoms with Gasteiger partial charge in [0.05, 0.1) is 5.92 Å². The van der Waals surface area contributed by atoms with E-state index >= 15 is 0 Å². The van der Waals surface area contributed by atoms with Crippen molar-refractivity contribution in [1.29, 1.82) is 0 Å². The van der Waals surface area contributed by atoms with Gasteiger partial charge in [-0.05, 0) is 31.2 Å². The summed E-state index contributed by atoms with van der Waals surface area (Å²) in [5.41, 5.74) is 1.20. The molecular formula is C16H23ClN2O. The first-order valence-corrected chi connectivity index (χ1v) is 7.33. The molecule has 2 aliphatic rings. The van der Waals surface area contributed by atoms with E-state index in [4.69, 9.17) is 0 Å². The Bertz CT molecular complexity index is 447. The van der Waals surface area contributed by atoms with Gasteiger partial charge in [-0.1, -0.05) is 30.3 Å². The van der Waals surface area contributed by atoms with Crippen molar-refractivity contribution in [3.05, 3.63) is 35.9 Å². The summed E-state index contributed by atoms with van der Waals surface area (Å²) in [6, 6.07) is 10.7. The third-order valence-corrected chi connectivity index (χ3v) is 4.20. The molecule has 1 aliphatic heterocycles. The molecule has 1 saturated carbocycles. The molecule has 1 unspecified atom stereocenters. The van der Waals surface area contributed by atoms with E-state index in [0.717, 1.165) is 19.6 Å². The number of carbonyl (C=O) groups excluding carboxylic acids is 1. The first kappa shape index (κ1) is 15.3. The van der Waals surface area contributed by atoms with Gasteiger partial charge in [0.1, 0.15) is 0 Å². The minimum absolute atomic E-state index is 0. The van der Waals surface area contributed by atoms with Crippen LogP contribution in [0.4, 0.5) is 0 Å². The molecule has 4 heteroatoms. The van der Waals surface area contributed by atoms with Crippen molar-refractivity contribution in [2.24, 2.45) is 5.92 Å². The third kappa shape index (κ3) is 3.33. The molecule has 1 N–H and O–H groups in total. The fraction of sp³-hybridized carbons (Fsp3) is 0.562. The Morgan fingerprint density at radius 2 is 2.00 bits per heavy atom. The Labute approximate surface area is 127 Å². The highest BCUT2D eigenvalue weighted by Crippen LogP contribution is 2.43. The molecule has 1 aliphatic carbocycles. The van der Waals surface area contributed by atoms with Crippen LogP contribution in [-0.2, 0) is 4.79 Å². The highest BCUT2D eigenvalue weighted by Gasteiger charge is 2.39. The predicted molar refractivity (Wildman–Crippen MR) is 83.2 cm³/mol. The zero-order chi connectivity index (χ0) is 13.2. The monoisotopic (exact) mass is 294 g/mol. The summed E-state index contributed by atoms with van der Waals surface area (Å²) in [6.07, 6.45) is 2.40. The average Bonchev–Trinajstić information content (AvgIpc) is 3.25. The van der Waals surface area contributed by atoms with Crippen molar-refractivity contribution in [2.75, 3.05) is 19.6 Å². The molecule has 2 fully saturated rings. The van der Waals surface area contributed by atoms with E-state index < -0.39 is 0 Å². The largest absolute Gasteiger partial charge is 0.339 e. The molecule has 1 saturated heterocycles. The third-order valence-electron chi connectivity index (χ3n) is 4.20. The molecule has 110 valence electrons. The van der Waals surface area contributed by atoms with Crippen molar-refractivity contribution in [2.45, 2.75) is 31.7 Å². The van der Waals surface area contributed by atoms with Crippen molar-refractivity contribution in [3.63, 3.8) is 0 Å². The summed E-state index contributed by atoms with van der Waals surface area (Å²) in [6.45, 7) is 4.75. The predicted octanol–water partition coefficient (Wildman–Crippen LogP) is 2.42. The number of halogens is 1. The highest BCUT2D eigenvalue weighted by molar-refractivity contribution is 5.85. The topological polar surface area (TPSA) is 32.3 Å². The van der Waals surface area contributed by atoms with E-state index in [1.54, 1.807) is 0 Å². The first-order chi connectivity index (χ1) is 9.25. The number of benzene rings is 1. The van der Waals surface area contributed by atoms with Crippen LogP contribution in [0.15, 0.2) is 30.3 Å². The molecule has 1 aromatic carbocycles. The molecule has 3 nitrogen and oxygen atoms in total. The number of carbonyl (C=O) groups is 1. The summed E-state index contributed by atoms with van der Waals surface area (Å²) in [5.74, 6) is 0.994. The van der Waals surface area contributed by atoms with Gasteiger partial charge in [0.15, 0.2) is 0 Å². The second-order valence-electron chi connectivity index (χ2n) is 5.87. The zero-order valence-electron chi connectivity index (χ0n) is 11.9. The second kappa shape index (κ2) is 6.59. The van der Waals surface area contributed by atoms with Crippen LogP contribution in [0.2, 0.25) is 0 Å². The molecule has 0 aromatic heterocycles. The van der Waals surface area contributed by atoms with Crippen LogP contribution < -0.4 is 5.32 Å². The molecule has 2 atom stereocenters. The van der Waals surface area contributed by atoms with Gasteiger partial charge < -0.3 is 10.2 Å². The van der Waals surface area contributed by atoms with Gasteiger partial charge in [-0.25, -0.2) is 0 Å². The van der Waals surface area contributed by atoms with Crippen LogP contribution in [0.25, 0.3) is 0 Å². The van der Waals surface area contributed by atoms with Crippen molar-refractivity contribution in [3.8, 4) is 0 Å². The lowest BCUT2D eigenvalue weighted by Crippen LogP contribution is -2.52. The zero-order valence-corrected chi connectivity index (χ0v) is 12.7. The number of hydrogen-bond acceptors (Lipinski definition) is 2. The van der Waals surface area contributed by atoms with Gasteiger partial charge >= 0.3 is 0 Å². The van der Waals surface area contributed by atoms with Gasteiger partial charge in [0, 0.05) is 25.7 Å². The summed E-state index contributed by atoms with van der Waals surface area (Å²) >= 11 is 0. The summed E-state index contributed by atoms with van der Waals surface area (Å²) in [5, 5.41) is 3.40. The Balaban J connectivity index is 0.00000147. The second-order valence-corrected chi connectivity index (χ2v) is 5.87. The molecule has 20 heavy (non-hydrogen) atoms. The van der Waals surface area contributed by atoms with Gasteiger partial charge in [-0.2, -0.15) is 0 Å². The lowest BCUT2D eigenvalue weighted by Gasteiger charge is -2.34. The number of nitrogens with zero attached hydrogens (tertiary/aromatic N) is 1. The van der Waals surface area contributed by atoms with Gasteiger partial charge in [0.2, 0.25) is 5.91 Å². The molecule has 0 spiro atoms. The number of amides is 1. The van der Waals surface area contributed by atoms with E-state index in [2.05, 4.69) is 29.3 Å². The minimum Gasteiger partial charge on any atom is -0.339 e. The number of piperazine rings is 1. The Kier molecular flexibility index (Phi) is 5.06. The summed E-state index contributed by atoms with van der Waals surface area (Å²) < 4.78 is 0. The quantitative estimate of drug-likeness (QED) is 0.928. The maximum atomic E-state index is 12.8. The van der Waals surface area contributed by atoms with Crippen LogP contribution >= 0.6 is 12.4 Å². The smallest absolute Gasteiger partial charge is 0.230 e. The van der Waals surface area contributed by atoms with E-state index in [1.807, 2.05) is 18.2 Å². The van der Waals surface area contributed by atoms with Gasteiger partial charge in [-0.3, -0.25) is 4.79 Å². The van der Waals surface area contributed by atoms with E-state index in [-0.39, 0.29) is 18.3 Å². The Hall–Kier alpha value is -1.06. The fourth-order valence-electron chi connectivity index (χ4n) is 3.04. The van der Waals surface area contributed by atoms with Crippen LogP contribution in [0.5, 0.6) is 0 Å². The van der Waals surface area contributed by atoms with E-state index in [1.165, 1.54) is 18.4 Å². The molecule has 1 aromatic rings. The average molecular weight is 295 g/mol. The standard InChI is InChI=1S/C16H22N2O.ClH/c1-12-11-18(10-9-17-12)16(19)15(14-7-8-14)13-5-3-2-4-6-13;/h2-6,12,14-15,17H,7-11H2,1H3;1H/t12-,15?;/m1./s1. The molecule has 3 rings (SSSR count). The lowest BCUT2D eigenvalue weighted by molar-refractivity contribution is -0.134. The van der Waals surface area contributed by atoms with Gasteiger partial charge in [-0.15, -0.1) is 12.4 Å². The molecule has 1 heterocycles. The molecular weight excluding hydrogens is 272 g/mol. The van der Waals surface area contributed by atoms with Crippen molar-refractivity contribution in [1.82, 2.24) is 10.2 Å². The first-order valence-electron chi connectivity index (χ1n) is 7.33. The number of rotatable bonds is 3. The Morgan fingerprint density at radius 1 is 1.30 bits per heavy atom. The summed E-state index contributed by atoms with van der Waals surface area (Å²) in [7, 11) is 0.